The van der Waals surface area contributed by atoms with Crippen LogP contribution in [0.25, 0.3) is 0 Å². The maximum Gasteiger partial charge on any atom is 0.225 e. The molecule has 0 spiro atoms. The van der Waals surface area contributed by atoms with E-state index in [1.165, 1.54) is 0 Å². The van der Waals surface area contributed by atoms with E-state index < -0.39 is 5.79 Å². The number of carbonyl (C=O) groups is 1. The van der Waals surface area contributed by atoms with Crippen molar-refractivity contribution in [3.05, 3.63) is 35.9 Å². The third-order valence-corrected chi connectivity index (χ3v) is 4.61. The number of ether oxygens (including phenoxy) is 2. The molecule has 1 saturated heterocycles. The van der Waals surface area contributed by atoms with E-state index in [0.717, 1.165) is 12.0 Å². The van der Waals surface area contributed by atoms with Crippen molar-refractivity contribution in [2.75, 3.05) is 6.54 Å². The molecule has 5 nitrogen and oxygen atoms in total. The second kappa shape index (κ2) is 8.51. The van der Waals surface area contributed by atoms with Gasteiger partial charge in [-0.3, -0.25) is 4.79 Å². The predicted molar refractivity (Wildman–Crippen MR) is 103 cm³/mol. The second-order valence-electron chi connectivity index (χ2n) is 8.53. The van der Waals surface area contributed by atoms with Crippen molar-refractivity contribution >= 4 is 5.91 Å². The lowest BCUT2D eigenvalue weighted by atomic mass is 9.99. The Morgan fingerprint density at radius 2 is 1.81 bits per heavy atom. The molecule has 0 bridgehead atoms. The Morgan fingerprint density at radius 3 is 2.38 bits per heavy atom. The van der Waals surface area contributed by atoms with Crippen LogP contribution in [0.15, 0.2) is 30.3 Å². The molecule has 1 aromatic rings. The molecule has 0 aliphatic carbocycles. The van der Waals surface area contributed by atoms with Gasteiger partial charge in [0.1, 0.15) is 0 Å². The van der Waals surface area contributed by atoms with Crippen LogP contribution < -0.4 is 5.73 Å². The van der Waals surface area contributed by atoms with Crippen LogP contribution in [0.5, 0.6) is 0 Å². The molecule has 1 aliphatic heterocycles. The lowest BCUT2D eigenvalue weighted by Gasteiger charge is -2.42. The van der Waals surface area contributed by atoms with E-state index in [0.29, 0.717) is 25.9 Å². The molecule has 1 heterocycles. The second-order valence-corrected chi connectivity index (χ2v) is 8.53. The summed E-state index contributed by atoms with van der Waals surface area (Å²) in [4.78, 5) is 15.1. The number of nitrogens with two attached hydrogens (primary N) is 1. The molecule has 2 atom stereocenters. The minimum absolute atomic E-state index is 0.0405. The summed E-state index contributed by atoms with van der Waals surface area (Å²) in [6, 6.07) is 10.1. The molecule has 146 valence electrons. The molecule has 2 rings (SSSR count). The van der Waals surface area contributed by atoms with Crippen LogP contribution in [-0.4, -0.2) is 40.9 Å². The largest absolute Gasteiger partial charge is 0.347 e. The summed E-state index contributed by atoms with van der Waals surface area (Å²) in [7, 11) is 0. The van der Waals surface area contributed by atoms with Gasteiger partial charge in [0.05, 0.1) is 18.6 Å². The Kier molecular flexibility index (Phi) is 6.83. The molecule has 0 radical (unpaired) electrons. The van der Waals surface area contributed by atoms with Crippen LogP contribution in [0.2, 0.25) is 0 Å². The Balaban J connectivity index is 2.08. The molecule has 5 heteroatoms. The monoisotopic (exact) mass is 362 g/mol. The van der Waals surface area contributed by atoms with Gasteiger partial charge in [0.2, 0.25) is 5.91 Å². The Hall–Kier alpha value is -1.43. The van der Waals surface area contributed by atoms with E-state index in [9.17, 15) is 4.79 Å². The average molecular weight is 363 g/mol. The van der Waals surface area contributed by atoms with Gasteiger partial charge in [-0.2, -0.15) is 0 Å². The highest BCUT2D eigenvalue weighted by Crippen LogP contribution is 2.30. The van der Waals surface area contributed by atoms with Crippen molar-refractivity contribution < 1.29 is 14.3 Å². The summed E-state index contributed by atoms with van der Waals surface area (Å²) in [5.41, 5.74) is 6.56. The molecule has 26 heavy (non-hydrogen) atoms. The normalized spacial score (nSPS) is 22.8. The highest BCUT2D eigenvalue weighted by atomic mass is 16.7. The maximum atomic E-state index is 13.1. The van der Waals surface area contributed by atoms with Gasteiger partial charge in [-0.05, 0) is 53.1 Å². The molecule has 1 aromatic carbocycles. The third kappa shape index (κ3) is 6.08. The SMILES string of the molecule is CC1(C)O[C@H](CCN)C[C@H](CC(=O)N(Cc2ccccc2)C(C)(C)C)O1. The number of rotatable bonds is 6. The number of hydrogen-bond acceptors (Lipinski definition) is 4. The number of carbonyl (C=O) groups excluding carboxylic acids is 1. The fourth-order valence-corrected chi connectivity index (χ4v) is 3.48. The van der Waals surface area contributed by atoms with E-state index in [1.807, 2.05) is 36.9 Å². The zero-order chi connectivity index (χ0) is 19.4. The van der Waals surface area contributed by atoms with Crippen molar-refractivity contribution in [1.82, 2.24) is 4.90 Å². The molecular weight excluding hydrogens is 328 g/mol. The first kappa shape index (κ1) is 20.9. The predicted octanol–water partition coefficient (Wildman–Crippen LogP) is 3.46. The van der Waals surface area contributed by atoms with Crippen LogP contribution >= 0.6 is 0 Å². The summed E-state index contributed by atoms with van der Waals surface area (Å²) in [6.07, 6.45) is 1.74. The van der Waals surface area contributed by atoms with Crippen molar-refractivity contribution in [3.8, 4) is 0 Å². The third-order valence-electron chi connectivity index (χ3n) is 4.61. The average Bonchev–Trinajstić information content (AvgIpc) is 2.51. The summed E-state index contributed by atoms with van der Waals surface area (Å²) in [5, 5.41) is 0. The minimum atomic E-state index is -0.685. The van der Waals surface area contributed by atoms with E-state index >= 15 is 0 Å². The quantitative estimate of drug-likeness (QED) is 0.842. The van der Waals surface area contributed by atoms with Gasteiger partial charge in [0, 0.05) is 18.5 Å². The molecule has 2 N–H and O–H groups in total. The fourth-order valence-electron chi connectivity index (χ4n) is 3.48. The zero-order valence-corrected chi connectivity index (χ0v) is 16.8. The lowest BCUT2D eigenvalue weighted by Crippen LogP contribution is -2.49. The van der Waals surface area contributed by atoms with Gasteiger partial charge < -0.3 is 20.1 Å². The van der Waals surface area contributed by atoms with Gasteiger partial charge in [0.15, 0.2) is 5.79 Å². The van der Waals surface area contributed by atoms with Gasteiger partial charge >= 0.3 is 0 Å². The fraction of sp³-hybridized carbons (Fsp3) is 0.667. The van der Waals surface area contributed by atoms with Crippen molar-refractivity contribution in [2.45, 2.75) is 84.0 Å². The molecule has 0 aromatic heterocycles. The van der Waals surface area contributed by atoms with Crippen LogP contribution in [0.3, 0.4) is 0 Å². The lowest BCUT2D eigenvalue weighted by molar-refractivity contribution is -0.299. The molecule has 1 aliphatic rings. The number of amides is 1. The van der Waals surface area contributed by atoms with E-state index in [2.05, 4.69) is 32.9 Å². The number of hydrogen-bond donors (Lipinski definition) is 1. The molecular formula is C21H34N2O3. The molecule has 1 amide bonds. The Bertz CT molecular complexity index is 581. The van der Waals surface area contributed by atoms with E-state index in [4.69, 9.17) is 15.2 Å². The zero-order valence-electron chi connectivity index (χ0n) is 16.8. The van der Waals surface area contributed by atoms with Gasteiger partial charge in [-0.1, -0.05) is 30.3 Å². The van der Waals surface area contributed by atoms with E-state index in [-0.39, 0.29) is 23.7 Å². The highest BCUT2D eigenvalue weighted by molar-refractivity contribution is 5.77. The first-order valence-electron chi connectivity index (χ1n) is 9.51. The molecule has 0 unspecified atom stereocenters. The van der Waals surface area contributed by atoms with Crippen molar-refractivity contribution in [3.63, 3.8) is 0 Å². The van der Waals surface area contributed by atoms with Crippen molar-refractivity contribution in [1.29, 1.82) is 0 Å². The summed E-state index contributed by atoms with van der Waals surface area (Å²) >= 11 is 0. The van der Waals surface area contributed by atoms with Crippen LogP contribution in [0.4, 0.5) is 0 Å². The summed E-state index contributed by atoms with van der Waals surface area (Å²) in [5.74, 6) is -0.578. The molecule has 0 saturated carbocycles. The van der Waals surface area contributed by atoms with Crippen LogP contribution in [0.1, 0.15) is 59.4 Å². The van der Waals surface area contributed by atoms with Gasteiger partial charge in [-0.25, -0.2) is 0 Å². The summed E-state index contributed by atoms with van der Waals surface area (Å²) < 4.78 is 11.9. The van der Waals surface area contributed by atoms with Gasteiger partial charge in [-0.15, -0.1) is 0 Å². The van der Waals surface area contributed by atoms with Crippen LogP contribution in [0, 0.1) is 0 Å². The van der Waals surface area contributed by atoms with Crippen LogP contribution in [-0.2, 0) is 20.8 Å². The maximum absolute atomic E-state index is 13.1. The number of benzene rings is 1. The Labute approximate surface area is 157 Å². The standard InChI is InChI=1S/C21H34N2O3/c1-20(2,3)23(15-16-9-7-6-8-10-16)19(24)14-18-13-17(11-12-22)25-21(4,5)26-18/h6-10,17-18H,11-15,22H2,1-5H3/t17-,18-/m1/s1. The highest BCUT2D eigenvalue weighted by Gasteiger charge is 2.37. The number of nitrogens with zero attached hydrogens (tertiary/aromatic N) is 1. The topological polar surface area (TPSA) is 64.8 Å². The Morgan fingerprint density at radius 1 is 1.19 bits per heavy atom. The first-order chi connectivity index (χ1) is 12.1. The van der Waals surface area contributed by atoms with Gasteiger partial charge in [0.25, 0.3) is 0 Å². The van der Waals surface area contributed by atoms with Crippen molar-refractivity contribution in [2.24, 2.45) is 5.73 Å². The summed E-state index contributed by atoms with van der Waals surface area (Å²) in [6.45, 7) is 11.2. The molecule has 1 fully saturated rings. The van der Waals surface area contributed by atoms with E-state index in [1.54, 1.807) is 0 Å². The minimum Gasteiger partial charge on any atom is -0.347 e. The smallest absolute Gasteiger partial charge is 0.225 e. The first-order valence-corrected chi connectivity index (χ1v) is 9.51.